The zero-order valence-corrected chi connectivity index (χ0v) is 14.6. The van der Waals surface area contributed by atoms with E-state index in [0.29, 0.717) is 17.5 Å². The lowest BCUT2D eigenvalue weighted by atomic mass is 9.99. The number of ketones is 1. The monoisotopic (exact) mass is 329 g/mol. The molecule has 0 amide bonds. The number of hydrogen-bond acceptors (Lipinski definition) is 2. The first-order valence-electron chi connectivity index (χ1n) is 7.58. The third-order valence-corrected chi connectivity index (χ3v) is 4.39. The van der Waals surface area contributed by atoms with Crippen LogP contribution in [0.5, 0.6) is 0 Å². The Morgan fingerprint density at radius 2 is 1.91 bits per heavy atom. The molecule has 2 rings (SSSR count). The average molecular weight is 329 g/mol. The van der Waals surface area contributed by atoms with E-state index in [0.717, 1.165) is 23.9 Å². The predicted molar refractivity (Wildman–Crippen MR) is 97.6 cm³/mol. The number of nitrogens with zero attached hydrogens (tertiary/aromatic N) is 1. The van der Waals surface area contributed by atoms with Gasteiger partial charge in [-0.1, -0.05) is 30.3 Å². The zero-order chi connectivity index (χ0) is 16.8. The number of rotatable bonds is 6. The summed E-state index contributed by atoms with van der Waals surface area (Å²) in [6.07, 6.45) is 2.14. The summed E-state index contributed by atoms with van der Waals surface area (Å²) < 4.78 is 14.3. The molecule has 0 heterocycles. The van der Waals surface area contributed by atoms with Crippen LogP contribution in [0.4, 0.5) is 4.39 Å². The van der Waals surface area contributed by atoms with Crippen LogP contribution in [-0.2, 0) is 12.8 Å². The number of benzene rings is 2. The van der Waals surface area contributed by atoms with E-state index in [4.69, 9.17) is 0 Å². The molecule has 0 saturated heterocycles. The van der Waals surface area contributed by atoms with Gasteiger partial charge in [0.05, 0.1) is 0 Å². The van der Waals surface area contributed by atoms with Crippen LogP contribution < -0.4 is 5.30 Å². The fourth-order valence-corrected chi connectivity index (χ4v) is 2.88. The van der Waals surface area contributed by atoms with Crippen molar-refractivity contribution in [3.63, 3.8) is 0 Å². The van der Waals surface area contributed by atoms with E-state index >= 15 is 0 Å². The SMILES string of the molecule is CN=C(CCc1ccccc1)Cc1c(F)cc(C(C)=O)cc1P. The van der Waals surface area contributed by atoms with Crippen molar-refractivity contribution in [3.05, 3.63) is 65.0 Å². The molecule has 0 N–H and O–H groups in total. The Bertz CT molecular complexity index is 702. The van der Waals surface area contributed by atoms with Crippen molar-refractivity contribution in [1.29, 1.82) is 0 Å². The molecule has 0 spiro atoms. The van der Waals surface area contributed by atoms with E-state index in [1.807, 2.05) is 18.2 Å². The van der Waals surface area contributed by atoms with E-state index in [-0.39, 0.29) is 11.6 Å². The molecule has 0 saturated carbocycles. The summed E-state index contributed by atoms with van der Waals surface area (Å²) in [5, 5.41) is 0.719. The Labute approximate surface area is 139 Å². The largest absolute Gasteiger partial charge is 0.297 e. The number of aliphatic imine (C=N–C) groups is 1. The van der Waals surface area contributed by atoms with Crippen molar-refractivity contribution in [3.8, 4) is 0 Å². The van der Waals surface area contributed by atoms with Crippen LogP contribution in [0, 0.1) is 5.82 Å². The van der Waals surface area contributed by atoms with Crippen LogP contribution in [0.2, 0.25) is 0 Å². The highest BCUT2D eigenvalue weighted by molar-refractivity contribution is 7.27. The molecular weight excluding hydrogens is 308 g/mol. The first kappa shape index (κ1) is 17.5. The molecule has 0 aliphatic rings. The van der Waals surface area contributed by atoms with E-state index in [1.54, 1.807) is 13.1 Å². The van der Waals surface area contributed by atoms with Crippen molar-refractivity contribution in [2.24, 2.45) is 4.99 Å². The van der Waals surface area contributed by atoms with Crippen LogP contribution >= 0.6 is 9.24 Å². The number of carbonyl (C=O) groups is 1. The summed E-state index contributed by atoms with van der Waals surface area (Å²) in [6.45, 7) is 1.44. The van der Waals surface area contributed by atoms with Gasteiger partial charge in [0.2, 0.25) is 0 Å². The Morgan fingerprint density at radius 1 is 1.22 bits per heavy atom. The fraction of sp³-hybridized carbons (Fsp3) is 0.263. The molecule has 0 fully saturated rings. The quantitative estimate of drug-likeness (QED) is 0.451. The molecule has 1 unspecified atom stereocenters. The highest BCUT2D eigenvalue weighted by atomic mass is 31.0. The van der Waals surface area contributed by atoms with E-state index in [2.05, 4.69) is 26.4 Å². The molecule has 0 aliphatic carbocycles. The maximum Gasteiger partial charge on any atom is 0.159 e. The van der Waals surface area contributed by atoms with Gasteiger partial charge in [-0.25, -0.2) is 4.39 Å². The normalized spacial score (nSPS) is 11.6. The maximum atomic E-state index is 14.3. The van der Waals surface area contributed by atoms with Gasteiger partial charge in [0.1, 0.15) is 5.82 Å². The van der Waals surface area contributed by atoms with Gasteiger partial charge < -0.3 is 0 Å². The van der Waals surface area contributed by atoms with Gasteiger partial charge in [-0.2, -0.15) is 0 Å². The van der Waals surface area contributed by atoms with Gasteiger partial charge >= 0.3 is 0 Å². The Morgan fingerprint density at radius 3 is 2.48 bits per heavy atom. The number of halogens is 1. The number of carbonyl (C=O) groups excluding carboxylic acids is 1. The predicted octanol–water partition coefficient (Wildman–Crippen LogP) is 3.77. The number of aryl methyl sites for hydroxylation is 1. The lowest BCUT2D eigenvalue weighted by molar-refractivity contribution is 0.101. The number of Topliss-reactive ketones (excluding diaryl/α,β-unsaturated/α-hetero) is 1. The molecule has 0 bridgehead atoms. The zero-order valence-electron chi connectivity index (χ0n) is 13.5. The summed E-state index contributed by atoms with van der Waals surface area (Å²) >= 11 is 0. The number of hydrogen-bond donors (Lipinski definition) is 0. The van der Waals surface area contributed by atoms with Crippen LogP contribution in [0.1, 0.15) is 34.8 Å². The minimum absolute atomic E-state index is 0.132. The molecule has 120 valence electrons. The molecular formula is C19H21FNOP. The Balaban J connectivity index is 2.12. The molecule has 0 radical (unpaired) electrons. The molecule has 1 atom stereocenters. The van der Waals surface area contributed by atoms with Crippen molar-refractivity contribution in [1.82, 2.24) is 0 Å². The second-order valence-corrected chi connectivity index (χ2v) is 6.16. The molecule has 4 heteroatoms. The summed E-state index contributed by atoms with van der Waals surface area (Å²) in [5.74, 6) is -0.476. The first-order valence-corrected chi connectivity index (χ1v) is 8.16. The minimum Gasteiger partial charge on any atom is -0.297 e. The molecule has 2 aromatic rings. The van der Waals surface area contributed by atoms with E-state index in [1.165, 1.54) is 18.6 Å². The second-order valence-electron chi connectivity index (χ2n) is 5.53. The highest BCUT2D eigenvalue weighted by Crippen LogP contribution is 2.15. The Kier molecular flexibility index (Phi) is 6.18. The third kappa shape index (κ3) is 4.80. The maximum absolute atomic E-state index is 14.3. The van der Waals surface area contributed by atoms with Crippen molar-refractivity contribution >= 4 is 26.0 Å². The van der Waals surface area contributed by atoms with Gasteiger partial charge in [0.15, 0.2) is 5.78 Å². The van der Waals surface area contributed by atoms with Crippen LogP contribution in [0.15, 0.2) is 47.5 Å². The van der Waals surface area contributed by atoms with Crippen molar-refractivity contribution < 1.29 is 9.18 Å². The van der Waals surface area contributed by atoms with Crippen LogP contribution in [0.3, 0.4) is 0 Å². The lowest BCUT2D eigenvalue weighted by Crippen LogP contribution is -2.15. The molecule has 0 aromatic heterocycles. The molecule has 2 nitrogen and oxygen atoms in total. The van der Waals surface area contributed by atoms with Gasteiger partial charge in [-0.15, -0.1) is 9.24 Å². The summed E-state index contributed by atoms with van der Waals surface area (Å²) in [5.41, 5.74) is 3.18. The minimum atomic E-state index is -0.344. The van der Waals surface area contributed by atoms with E-state index in [9.17, 15) is 9.18 Å². The van der Waals surface area contributed by atoms with Crippen LogP contribution in [-0.4, -0.2) is 18.5 Å². The molecule has 0 aliphatic heterocycles. The third-order valence-electron chi connectivity index (χ3n) is 3.88. The van der Waals surface area contributed by atoms with Gasteiger partial charge in [0.25, 0.3) is 0 Å². The van der Waals surface area contributed by atoms with Crippen molar-refractivity contribution in [2.45, 2.75) is 26.2 Å². The smallest absolute Gasteiger partial charge is 0.159 e. The lowest BCUT2D eigenvalue weighted by Gasteiger charge is -2.11. The Hall–Kier alpha value is -1.86. The van der Waals surface area contributed by atoms with Crippen LogP contribution in [0.25, 0.3) is 0 Å². The molecule has 23 heavy (non-hydrogen) atoms. The summed E-state index contributed by atoms with van der Waals surface area (Å²) in [7, 11) is 4.26. The van der Waals surface area contributed by atoms with Gasteiger partial charge in [0, 0.05) is 30.3 Å². The van der Waals surface area contributed by atoms with E-state index < -0.39 is 0 Å². The summed E-state index contributed by atoms with van der Waals surface area (Å²) in [4.78, 5) is 15.7. The van der Waals surface area contributed by atoms with Gasteiger partial charge in [-0.3, -0.25) is 9.79 Å². The average Bonchev–Trinajstić information content (AvgIpc) is 2.54. The first-order chi connectivity index (χ1) is 11.0. The molecule has 2 aromatic carbocycles. The fourth-order valence-electron chi connectivity index (χ4n) is 2.46. The standard InChI is InChI=1S/C19H21FNOP/c1-13(22)15-10-18(20)17(19(23)11-15)12-16(21-2)9-8-14-6-4-3-5-7-14/h3-7,10-11H,8-9,12,23H2,1-2H3. The summed E-state index contributed by atoms with van der Waals surface area (Å²) in [6, 6.07) is 13.2. The topological polar surface area (TPSA) is 29.4 Å². The van der Waals surface area contributed by atoms with Gasteiger partial charge in [-0.05, 0) is 42.8 Å². The second kappa shape index (κ2) is 8.12. The van der Waals surface area contributed by atoms with Crippen molar-refractivity contribution in [2.75, 3.05) is 7.05 Å². The highest BCUT2D eigenvalue weighted by Gasteiger charge is 2.13.